The van der Waals surface area contributed by atoms with Gasteiger partial charge in [-0.2, -0.15) is 0 Å². The van der Waals surface area contributed by atoms with Gasteiger partial charge in [0, 0.05) is 16.3 Å². The molecule has 86 valence electrons. The lowest BCUT2D eigenvalue weighted by Crippen LogP contribution is -2.04. The average Bonchev–Trinajstić information content (AvgIpc) is 2.75. The monoisotopic (exact) mass is 245 g/mol. The zero-order valence-electron chi connectivity index (χ0n) is 9.28. The Kier molecular flexibility index (Phi) is 2.19. The Morgan fingerprint density at radius 1 is 1.41 bits per heavy atom. The smallest absolute Gasteiger partial charge is 0.266 e. The van der Waals surface area contributed by atoms with Gasteiger partial charge in [0.25, 0.3) is 5.56 Å². The van der Waals surface area contributed by atoms with Gasteiger partial charge >= 0.3 is 0 Å². The predicted octanol–water partition coefficient (Wildman–Crippen LogP) is 3.01. The van der Waals surface area contributed by atoms with Gasteiger partial charge in [-0.15, -0.1) is 11.3 Å². The second-order valence-electron chi connectivity index (χ2n) is 4.00. The van der Waals surface area contributed by atoms with Crippen molar-refractivity contribution in [3.63, 3.8) is 0 Å². The summed E-state index contributed by atoms with van der Waals surface area (Å²) in [6, 6.07) is 5.03. The number of H-pyrrole nitrogens is 1. The Morgan fingerprint density at radius 3 is 3.00 bits per heavy atom. The topological polar surface area (TPSA) is 53.1 Å². The zero-order chi connectivity index (χ0) is 12.0. The number of phenols is 1. The molecular weight excluding hydrogens is 234 g/mol. The number of thiophene rings is 1. The third-order valence-electron chi connectivity index (χ3n) is 2.98. The van der Waals surface area contributed by atoms with E-state index in [2.05, 4.69) is 11.9 Å². The molecule has 0 aliphatic heterocycles. The number of benzene rings is 1. The van der Waals surface area contributed by atoms with E-state index in [1.54, 1.807) is 18.2 Å². The fraction of sp³-hybridized carbons (Fsp3) is 0.154. The standard InChI is InChI=1S/C13H11NO2S/c1-2-7-6-17-12-11(7)9-5-8(15)3-4-10(9)14-13(12)16/h3-6,15H,2H2,1H3,(H,14,16). The highest BCUT2D eigenvalue weighted by atomic mass is 32.1. The van der Waals surface area contributed by atoms with E-state index in [0.29, 0.717) is 0 Å². The molecule has 0 amide bonds. The number of aryl methyl sites for hydroxylation is 1. The number of aromatic hydroxyl groups is 1. The molecule has 3 aromatic rings. The highest BCUT2D eigenvalue weighted by Gasteiger charge is 2.11. The molecule has 0 saturated heterocycles. The molecule has 0 aliphatic carbocycles. The van der Waals surface area contributed by atoms with E-state index in [9.17, 15) is 9.90 Å². The van der Waals surface area contributed by atoms with Crippen LogP contribution in [0.15, 0.2) is 28.4 Å². The van der Waals surface area contributed by atoms with Gasteiger partial charge in [0.05, 0.1) is 0 Å². The molecule has 2 N–H and O–H groups in total. The molecule has 2 heterocycles. The van der Waals surface area contributed by atoms with Crippen LogP contribution in [-0.4, -0.2) is 10.1 Å². The van der Waals surface area contributed by atoms with Gasteiger partial charge < -0.3 is 10.1 Å². The number of fused-ring (bicyclic) bond motifs is 3. The summed E-state index contributed by atoms with van der Waals surface area (Å²) in [7, 11) is 0. The Morgan fingerprint density at radius 2 is 2.24 bits per heavy atom. The Bertz CT molecular complexity index is 770. The first-order valence-electron chi connectivity index (χ1n) is 5.45. The van der Waals surface area contributed by atoms with Crippen molar-refractivity contribution in [2.45, 2.75) is 13.3 Å². The fourth-order valence-electron chi connectivity index (χ4n) is 2.14. The molecule has 1 aromatic carbocycles. The average molecular weight is 245 g/mol. The third kappa shape index (κ3) is 1.45. The van der Waals surface area contributed by atoms with E-state index in [4.69, 9.17) is 0 Å². The van der Waals surface area contributed by atoms with Crippen LogP contribution in [0.5, 0.6) is 5.75 Å². The summed E-state index contributed by atoms with van der Waals surface area (Å²) in [6.07, 6.45) is 0.883. The summed E-state index contributed by atoms with van der Waals surface area (Å²) in [5.74, 6) is 0.221. The van der Waals surface area contributed by atoms with Crippen LogP contribution in [0.2, 0.25) is 0 Å². The summed E-state index contributed by atoms with van der Waals surface area (Å²) in [4.78, 5) is 14.7. The maximum Gasteiger partial charge on any atom is 0.266 e. The van der Waals surface area contributed by atoms with Crippen LogP contribution in [-0.2, 0) is 6.42 Å². The first-order valence-corrected chi connectivity index (χ1v) is 6.33. The van der Waals surface area contributed by atoms with Crippen molar-refractivity contribution in [2.24, 2.45) is 0 Å². The molecule has 2 aromatic heterocycles. The van der Waals surface area contributed by atoms with Crippen molar-refractivity contribution < 1.29 is 5.11 Å². The minimum atomic E-state index is -0.0529. The maximum atomic E-state index is 11.9. The van der Waals surface area contributed by atoms with Crippen molar-refractivity contribution in [2.75, 3.05) is 0 Å². The molecule has 17 heavy (non-hydrogen) atoms. The van der Waals surface area contributed by atoms with E-state index < -0.39 is 0 Å². The van der Waals surface area contributed by atoms with Crippen LogP contribution in [0.1, 0.15) is 12.5 Å². The quantitative estimate of drug-likeness (QED) is 0.692. The minimum absolute atomic E-state index is 0.0529. The van der Waals surface area contributed by atoms with E-state index in [-0.39, 0.29) is 11.3 Å². The molecule has 0 radical (unpaired) electrons. The first-order chi connectivity index (χ1) is 8.20. The van der Waals surface area contributed by atoms with Gasteiger partial charge in [-0.25, -0.2) is 0 Å². The van der Waals surface area contributed by atoms with Crippen LogP contribution in [0, 0.1) is 0 Å². The highest BCUT2D eigenvalue weighted by molar-refractivity contribution is 7.17. The second kappa shape index (κ2) is 3.60. The number of hydrogen-bond acceptors (Lipinski definition) is 3. The number of pyridine rings is 1. The van der Waals surface area contributed by atoms with Crippen LogP contribution in [0.25, 0.3) is 21.0 Å². The number of aromatic nitrogens is 1. The number of rotatable bonds is 1. The summed E-state index contributed by atoms with van der Waals surface area (Å²) in [5.41, 5.74) is 1.88. The van der Waals surface area contributed by atoms with Gasteiger partial charge in [0.15, 0.2) is 0 Å². The summed E-state index contributed by atoms with van der Waals surface area (Å²) in [6.45, 7) is 2.07. The molecule has 0 atom stereocenters. The molecule has 0 aliphatic rings. The van der Waals surface area contributed by atoms with Crippen molar-refractivity contribution in [3.8, 4) is 5.75 Å². The van der Waals surface area contributed by atoms with Crippen molar-refractivity contribution in [1.82, 2.24) is 4.98 Å². The Balaban J connectivity index is 2.63. The lowest BCUT2D eigenvalue weighted by molar-refractivity contribution is 0.476. The van der Waals surface area contributed by atoms with Gasteiger partial charge in [-0.05, 0) is 35.6 Å². The van der Waals surface area contributed by atoms with Gasteiger partial charge in [0.2, 0.25) is 0 Å². The Labute approximate surface area is 101 Å². The maximum absolute atomic E-state index is 11.9. The molecule has 0 bridgehead atoms. The molecule has 3 nitrogen and oxygen atoms in total. The van der Waals surface area contributed by atoms with E-state index in [1.165, 1.54) is 11.3 Å². The van der Waals surface area contributed by atoms with Crippen molar-refractivity contribution >= 4 is 32.3 Å². The summed E-state index contributed by atoms with van der Waals surface area (Å²) < 4.78 is 0.736. The highest BCUT2D eigenvalue weighted by Crippen LogP contribution is 2.31. The molecular formula is C13H11NO2S. The predicted molar refractivity (Wildman–Crippen MR) is 71.0 cm³/mol. The van der Waals surface area contributed by atoms with E-state index in [1.807, 2.05) is 5.38 Å². The zero-order valence-corrected chi connectivity index (χ0v) is 10.1. The van der Waals surface area contributed by atoms with E-state index >= 15 is 0 Å². The SMILES string of the molecule is CCc1csc2c(=O)[nH]c3ccc(O)cc3c12. The molecule has 0 fully saturated rings. The lowest BCUT2D eigenvalue weighted by Gasteiger charge is -2.02. The normalized spacial score (nSPS) is 11.4. The van der Waals surface area contributed by atoms with Gasteiger partial charge in [-0.1, -0.05) is 6.92 Å². The largest absolute Gasteiger partial charge is 0.508 e. The molecule has 0 spiro atoms. The third-order valence-corrected chi connectivity index (χ3v) is 4.00. The number of hydrogen-bond donors (Lipinski definition) is 2. The van der Waals surface area contributed by atoms with Gasteiger partial charge in [-0.3, -0.25) is 4.79 Å². The molecule has 0 unspecified atom stereocenters. The summed E-state index contributed by atoms with van der Waals surface area (Å²) in [5, 5.41) is 13.5. The number of nitrogens with one attached hydrogen (secondary N) is 1. The molecule has 3 rings (SSSR count). The second-order valence-corrected chi connectivity index (χ2v) is 4.88. The van der Waals surface area contributed by atoms with Gasteiger partial charge in [0.1, 0.15) is 10.4 Å². The Hall–Kier alpha value is -1.81. The van der Waals surface area contributed by atoms with Crippen LogP contribution in [0.3, 0.4) is 0 Å². The van der Waals surface area contributed by atoms with Crippen LogP contribution < -0.4 is 5.56 Å². The lowest BCUT2D eigenvalue weighted by atomic mass is 10.1. The molecule has 0 saturated carbocycles. The van der Waals surface area contributed by atoms with Crippen molar-refractivity contribution in [1.29, 1.82) is 0 Å². The fourth-order valence-corrected chi connectivity index (χ4v) is 3.20. The van der Waals surface area contributed by atoms with Crippen LogP contribution in [0.4, 0.5) is 0 Å². The molecule has 4 heteroatoms. The summed E-state index contributed by atoms with van der Waals surface area (Å²) >= 11 is 1.46. The number of phenolic OH excluding ortho intramolecular Hbond substituents is 1. The minimum Gasteiger partial charge on any atom is -0.508 e. The van der Waals surface area contributed by atoms with E-state index in [0.717, 1.165) is 33.0 Å². The van der Waals surface area contributed by atoms with Crippen molar-refractivity contribution in [3.05, 3.63) is 39.5 Å². The van der Waals surface area contributed by atoms with Crippen LogP contribution >= 0.6 is 11.3 Å². The number of aromatic amines is 1. The first kappa shape index (κ1) is 10.4.